The van der Waals surface area contributed by atoms with Gasteiger partial charge in [0.1, 0.15) is 11.7 Å². The van der Waals surface area contributed by atoms with Crippen molar-refractivity contribution in [3.63, 3.8) is 0 Å². The Bertz CT molecular complexity index is 1130. The van der Waals surface area contributed by atoms with Gasteiger partial charge in [0.2, 0.25) is 0 Å². The third-order valence-corrected chi connectivity index (χ3v) is 14.2. The van der Waals surface area contributed by atoms with Crippen LogP contribution in [0.3, 0.4) is 0 Å². The van der Waals surface area contributed by atoms with Crippen molar-refractivity contribution < 1.29 is 39.2 Å². The summed E-state index contributed by atoms with van der Waals surface area (Å²) in [5.74, 6) is 1.74. The van der Waals surface area contributed by atoms with Crippen LogP contribution in [-0.4, -0.2) is 56.1 Å². The lowest BCUT2D eigenvalue weighted by molar-refractivity contribution is -0.222. The number of aliphatic hydroxyl groups is 2. The molecule has 0 amide bonds. The first-order valence-corrected chi connectivity index (χ1v) is 19.1. The molecule has 0 heterocycles. The third kappa shape index (κ3) is 7.74. The third-order valence-electron chi connectivity index (χ3n) is 14.2. The Hall–Kier alpha value is -1.67. The zero-order valence-electron chi connectivity index (χ0n) is 30.1. The normalized spacial score (nSPS) is 44.6. The average molecular weight is 661 g/mol. The highest BCUT2D eigenvalue weighted by atomic mass is 16.6. The molecule has 47 heavy (non-hydrogen) atoms. The van der Waals surface area contributed by atoms with Gasteiger partial charge in [-0.1, -0.05) is 34.6 Å². The van der Waals surface area contributed by atoms with Crippen molar-refractivity contribution in [1.29, 1.82) is 0 Å². The Kier molecular flexibility index (Phi) is 10.8. The minimum absolute atomic E-state index is 0.0207. The van der Waals surface area contributed by atoms with Crippen LogP contribution in [0, 0.1) is 52.8 Å². The molecule has 8 heteroatoms. The van der Waals surface area contributed by atoms with E-state index in [-0.39, 0.29) is 53.2 Å². The van der Waals surface area contributed by atoms with Crippen LogP contribution in [0.2, 0.25) is 0 Å². The largest absolute Gasteiger partial charge is 0.481 e. The highest BCUT2D eigenvalue weighted by Crippen LogP contribution is 2.62. The Labute approximate surface area is 283 Å². The first-order valence-electron chi connectivity index (χ1n) is 19.1. The van der Waals surface area contributed by atoms with E-state index in [1.807, 2.05) is 34.6 Å². The van der Waals surface area contributed by atoms with Crippen molar-refractivity contribution in [2.24, 2.45) is 52.8 Å². The minimum atomic E-state index is -0.772. The summed E-state index contributed by atoms with van der Waals surface area (Å²) < 4.78 is 11.7. The van der Waals surface area contributed by atoms with E-state index >= 15 is 0 Å². The second-order valence-corrected chi connectivity index (χ2v) is 17.7. The van der Waals surface area contributed by atoms with Gasteiger partial charge in [-0.25, -0.2) is 0 Å². The number of hydrogen-bond acceptors (Lipinski definition) is 7. The van der Waals surface area contributed by atoms with Crippen LogP contribution >= 0.6 is 0 Å². The van der Waals surface area contributed by atoms with E-state index in [2.05, 4.69) is 6.92 Å². The van der Waals surface area contributed by atoms with E-state index in [1.54, 1.807) is 0 Å². The molecule has 0 aromatic rings. The fraction of sp³-hybridized carbons (Fsp3) is 0.923. The van der Waals surface area contributed by atoms with Crippen molar-refractivity contribution in [3.8, 4) is 0 Å². The fourth-order valence-corrected chi connectivity index (χ4v) is 11.6. The summed E-state index contributed by atoms with van der Waals surface area (Å²) in [6.45, 7) is 12.2. The first kappa shape index (κ1) is 36.6. The quantitative estimate of drug-likeness (QED) is 0.217. The molecule has 7 aliphatic carbocycles. The summed E-state index contributed by atoms with van der Waals surface area (Å²) in [5.41, 5.74) is -1.43. The lowest BCUT2D eigenvalue weighted by Gasteiger charge is -2.60. The molecule has 3 N–H and O–H groups in total. The average Bonchev–Trinajstić information content (AvgIpc) is 2.98. The molecular formula is C39H64O8. The monoisotopic (exact) mass is 660 g/mol. The molecule has 0 aromatic heterocycles. The molecule has 268 valence electrons. The standard InChI is InChI=1S/C24H40O5.C15H24O3/c1-5-15(2)22(27)29-17-10-12-23(3)16(14-17)6-7-18-19(23)11-13-24(4,28)20(18)8-9-21(25)26;1-3-10(2)13(16)18-15-7-11-4-12(8-15)6-14(17,5-11)9-15/h15-20,28H,5-14H2,1-4H3,(H,25,26);10-12,17H,3-9H2,1-2H3/t15?,16?,17?,18?,19?,20?,23-,24-;/m0./s1. The van der Waals surface area contributed by atoms with Crippen molar-refractivity contribution in [1.82, 2.24) is 0 Å². The van der Waals surface area contributed by atoms with Gasteiger partial charge >= 0.3 is 17.9 Å². The van der Waals surface area contributed by atoms with Crippen LogP contribution in [0.25, 0.3) is 0 Å². The zero-order chi connectivity index (χ0) is 34.4. The van der Waals surface area contributed by atoms with Gasteiger partial charge in [0.05, 0.1) is 23.0 Å². The van der Waals surface area contributed by atoms with Crippen molar-refractivity contribution in [2.45, 2.75) is 174 Å². The molecule has 0 saturated heterocycles. The maximum absolute atomic E-state index is 12.3. The molecule has 4 bridgehead atoms. The van der Waals surface area contributed by atoms with Gasteiger partial charge < -0.3 is 24.8 Å². The number of carboxylic acids is 1. The maximum atomic E-state index is 12.3. The van der Waals surface area contributed by atoms with Crippen LogP contribution in [0.5, 0.6) is 0 Å². The van der Waals surface area contributed by atoms with Crippen LogP contribution < -0.4 is 0 Å². The van der Waals surface area contributed by atoms with Crippen molar-refractivity contribution in [3.05, 3.63) is 0 Å². The van der Waals surface area contributed by atoms with Gasteiger partial charge in [-0.3, -0.25) is 14.4 Å². The Morgan fingerprint density at radius 2 is 1.47 bits per heavy atom. The second kappa shape index (κ2) is 13.9. The molecule has 0 aliphatic heterocycles. The summed E-state index contributed by atoms with van der Waals surface area (Å²) in [6.07, 6.45) is 15.0. The molecule has 0 spiro atoms. The van der Waals surface area contributed by atoms with Crippen LogP contribution in [-0.2, 0) is 23.9 Å². The summed E-state index contributed by atoms with van der Waals surface area (Å²) in [7, 11) is 0. The van der Waals surface area contributed by atoms with Gasteiger partial charge in [0.25, 0.3) is 0 Å². The minimum Gasteiger partial charge on any atom is -0.481 e. The van der Waals surface area contributed by atoms with Crippen molar-refractivity contribution >= 4 is 17.9 Å². The van der Waals surface area contributed by atoms with E-state index < -0.39 is 17.2 Å². The SMILES string of the molecule is CCC(C)C(=O)OC12CC3CC(CC(O)(C3)C1)C2.CCC(C)C(=O)OC1CC[C@@]2(C)C(CCC3C2CC[C@](C)(O)C3CCC(=O)O)C1. The van der Waals surface area contributed by atoms with Crippen molar-refractivity contribution in [2.75, 3.05) is 0 Å². The van der Waals surface area contributed by atoms with E-state index in [1.165, 1.54) is 6.42 Å². The van der Waals surface area contributed by atoms with Crippen LogP contribution in [0.1, 0.15) is 151 Å². The summed E-state index contributed by atoms with van der Waals surface area (Å²) in [4.78, 5) is 35.5. The van der Waals surface area contributed by atoms with Crippen LogP contribution in [0.4, 0.5) is 0 Å². The molecule has 7 rings (SSSR count). The number of carbonyl (C=O) groups excluding carboxylic acids is 2. The van der Waals surface area contributed by atoms with Gasteiger partial charge in [0.15, 0.2) is 0 Å². The van der Waals surface area contributed by atoms with E-state index in [9.17, 15) is 29.7 Å². The molecule has 7 saturated carbocycles. The number of hydrogen-bond donors (Lipinski definition) is 3. The second-order valence-electron chi connectivity index (χ2n) is 17.7. The highest BCUT2D eigenvalue weighted by Gasteiger charge is 2.60. The predicted molar refractivity (Wildman–Crippen MR) is 179 cm³/mol. The molecule has 8 nitrogen and oxygen atoms in total. The highest BCUT2D eigenvalue weighted by molar-refractivity contribution is 5.72. The van der Waals surface area contributed by atoms with Gasteiger partial charge in [-0.15, -0.1) is 0 Å². The molecule has 9 unspecified atom stereocenters. The maximum Gasteiger partial charge on any atom is 0.309 e. The fourth-order valence-electron chi connectivity index (χ4n) is 11.6. The lowest BCUT2D eigenvalue weighted by Crippen LogP contribution is -2.60. The molecule has 0 aromatic carbocycles. The molecule has 7 aliphatic rings. The number of fused-ring (bicyclic) bond motifs is 3. The topological polar surface area (TPSA) is 130 Å². The molecule has 0 radical (unpaired) electrons. The van der Waals surface area contributed by atoms with Gasteiger partial charge in [-0.2, -0.15) is 0 Å². The van der Waals surface area contributed by atoms with E-state index in [0.29, 0.717) is 42.4 Å². The summed E-state index contributed by atoms with van der Waals surface area (Å²) >= 11 is 0. The Morgan fingerprint density at radius 1 is 0.830 bits per heavy atom. The Morgan fingerprint density at radius 3 is 2.06 bits per heavy atom. The molecule has 7 fully saturated rings. The van der Waals surface area contributed by atoms with E-state index in [4.69, 9.17) is 9.47 Å². The van der Waals surface area contributed by atoms with E-state index in [0.717, 1.165) is 83.5 Å². The summed E-state index contributed by atoms with van der Waals surface area (Å²) in [6, 6.07) is 0. The number of esters is 2. The van der Waals surface area contributed by atoms with Gasteiger partial charge in [0, 0.05) is 12.8 Å². The number of carbonyl (C=O) groups is 3. The molecular weight excluding hydrogens is 596 g/mol. The lowest BCUT2D eigenvalue weighted by atomic mass is 9.46. The number of ether oxygens (including phenoxy) is 2. The number of aliphatic carboxylic acids is 1. The zero-order valence-corrected chi connectivity index (χ0v) is 30.1. The summed E-state index contributed by atoms with van der Waals surface area (Å²) in [5, 5.41) is 30.8. The number of carboxylic acid groups (broad SMARTS) is 1. The van der Waals surface area contributed by atoms with Crippen LogP contribution in [0.15, 0.2) is 0 Å². The smallest absolute Gasteiger partial charge is 0.309 e. The predicted octanol–water partition coefficient (Wildman–Crippen LogP) is 7.46. The Balaban J connectivity index is 0.000000205. The first-order chi connectivity index (χ1) is 22.0. The van der Waals surface area contributed by atoms with Gasteiger partial charge in [-0.05, 0) is 144 Å². The number of rotatable bonds is 9. The molecule has 11 atom stereocenters.